The number of carbonyl (C=O) groups is 3. The predicted molar refractivity (Wildman–Crippen MR) is 166 cm³/mol. The number of hydrogen-bond acceptors (Lipinski definition) is 9. The number of imidazole rings is 1. The van der Waals surface area contributed by atoms with Crippen LogP contribution in [0, 0.1) is 5.41 Å². The summed E-state index contributed by atoms with van der Waals surface area (Å²) in [5, 5.41) is 14.1. The highest BCUT2D eigenvalue weighted by atomic mass is 16.5. The van der Waals surface area contributed by atoms with Crippen molar-refractivity contribution < 1.29 is 19.1 Å². The number of nitrogens with zero attached hydrogens (tertiary/aromatic N) is 5. The number of amides is 2. The second-order valence-electron chi connectivity index (χ2n) is 9.76. The molecule has 2 amide bonds. The van der Waals surface area contributed by atoms with Gasteiger partial charge in [0.25, 0.3) is 11.8 Å². The fraction of sp³-hybridized carbons (Fsp3) is 0.156. The van der Waals surface area contributed by atoms with Crippen LogP contribution in [-0.4, -0.2) is 56.8 Å². The van der Waals surface area contributed by atoms with E-state index >= 15 is 0 Å². The molecule has 0 aliphatic heterocycles. The van der Waals surface area contributed by atoms with Crippen LogP contribution in [0.15, 0.2) is 91.4 Å². The molecule has 0 unspecified atom stereocenters. The van der Waals surface area contributed by atoms with Crippen LogP contribution in [0.1, 0.15) is 38.5 Å². The first-order valence-electron chi connectivity index (χ1n) is 13.7. The van der Waals surface area contributed by atoms with E-state index in [2.05, 4.69) is 20.6 Å². The molecule has 3 heterocycles. The van der Waals surface area contributed by atoms with E-state index in [1.807, 2.05) is 29.8 Å². The second kappa shape index (κ2) is 13.4. The van der Waals surface area contributed by atoms with Crippen molar-refractivity contribution in [1.29, 1.82) is 5.41 Å². The lowest BCUT2D eigenvalue weighted by atomic mass is 10.1. The monoisotopic (exact) mass is 590 g/mol. The summed E-state index contributed by atoms with van der Waals surface area (Å²) in [6.07, 6.45) is 4.64. The van der Waals surface area contributed by atoms with Gasteiger partial charge in [0, 0.05) is 49.0 Å². The number of pyridine rings is 2. The molecule has 3 N–H and O–H groups in total. The minimum absolute atomic E-state index is 0.0157. The van der Waals surface area contributed by atoms with Gasteiger partial charge in [0.2, 0.25) is 0 Å². The number of ether oxygens (including phenoxy) is 1. The Kier molecular flexibility index (Phi) is 8.99. The Morgan fingerprint density at radius 1 is 0.955 bits per heavy atom. The summed E-state index contributed by atoms with van der Waals surface area (Å²) < 4.78 is 6.70. The van der Waals surface area contributed by atoms with E-state index in [1.165, 1.54) is 18.2 Å². The smallest absolute Gasteiger partial charge is 0.307 e. The van der Waals surface area contributed by atoms with E-state index in [1.54, 1.807) is 67.0 Å². The molecule has 5 rings (SSSR count). The van der Waals surface area contributed by atoms with Crippen LogP contribution in [0.4, 0.5) is 11.5 Å². The molecule has 44 heavy (non-hydrogen) atoms. The SMILES string of the molecule is COC(=O)CCN(C(=O)c1ccc2c(c1)nc(CNc1ccc(C(=N)NC(=O)c3cccnc3)cc1)n2C)c1ccccn1. The van der Waals surface area contributed by atoms with E-state index in [0.717, 1.165) is 17.0 Å². The van der Waals surface area contributed by atoms with Crippen molar-refractivity contribution in [3.63, 3.8) is 0 Å². The zero-order chi connectivity index (χ0) is 31.1. The molecule has 12 heteroatoms. The molecule has 222 valence electrons. The zero-order valence-corrected chi connectivity index (χ0v) is 24.2. The van der Waals surface area contributed by atoms with Gasteiger partial charge in [-0.2, -0.15) is 0 Å². The van der Waals surface area contributed by atoms with Crippen LogP contribution in [0.25, 0.3) is 11.0 Å². The van der Waals surface area contributed by atoms with Crippen molar-refractivity contribution in [2.45, 2.75) is 13.0 Å². The van der Waals surface area contributed by atoms with Crippen LogP contribution in [0.5, 0.6) is 0 Å². The number of aromatic nitrogens is 4. The number of esters is 1. The maximum absolute atomic E-state index is 13.5. The van der Waals surface area contributed by atoms with Crippen LogP contribution >= 0.6 is 0 Å². The molecule has 0 saturated carbocycles. The summed E-state index contributed by atoms with van der Waals surface area (Å²) in [6.45, 7) is 0.523. The largest absolute Gasteiger partial charge is 0.469 e. The maximum atomic E-state index is 13.5. The first-order valence-corrected chi connectivity index (χ1v) is 13.7. The van der Waals surface area contributed by atoms with Crippen molar-refractivity contribution in [1.82, 2.24) is 24.8 Å². The van der Waals surface area contributed by atoms with Gasteiger partial charge < -0.3 is 19.9 Å². The van der Waals surface area contributed by atoms with Crippen LogP contribution in [0.2, 0.25) is 0 Å². The first kappa shape index (κ1) is 29.6. The van der Waals surface area contributed by atoms with Crippen LogP contribution in [-0.2, 0) is 23.1 Å². The molecular formula is C32H30N8O4. The maximum Gasteiger partial charge on any atom is 0.307 e. The van der Waals surface area contributed by atoms with Crippen molar-refractivity contribution in [2.24, 2.45) is 7.05 Å². The Morgan fingerprint density at radius 3 is 2.45 bits per heavy atom. The molecule has 0 aliphatic rings. The Morgan fingerprint density at radius 2 is 1.75 bits per heavy atom. The van der Waals surface area contributed by atoms with Crippen LogP contribution < -0.4 is 15.5 Å². The molecule has 2 aromatic carbocycles. The van der Waals surface area contributed by atoms with Gasteiger partial charge in [0.1, 0.15) is 17.5 Å². The fourth-order valence-corrected chi connectivity index (χ4v) is 4.53. The predicted octanol–water partition coefficient (Wildman–Crippen LogP) is 3.94. The van der Waals surface area contributed by atoms with Gasteiger partial charge in [-0.1, -0.05) is 6.07 Å². The van der Waals surface area contributed by atoms with E-state index in [9.17, 15) is 14.4 Å². The van der Waals surface area contributed by atoms with E-state index < -0.39 is 11.9 Å². The number of methoxy groups -OCH3 is 1. The number of carbonyl (C=O) groups excluding carboxylic acids is 3. The Bertz CT molecular complexity index is 1810. The van der Waals surface area contributed by atoms with E-state index in [0.29, 0.717) is 34.6 Å². The summed E-state index contributed by atoms with van der Waals surface area (Å²) in [4.78, 5) is 52.1. The number of amidine groups is 1. The highest BCUT2D eigenvalue weighted by Crippen LogP contribution is 2.21. The van der Waals surface area contributed by atoms with Gasteiger partial charge in [-0.15, -0.1) is 0 Å². The molecule has 0 saturated heterocycles. The molecule has 0 aliphatic carbocycles. The normalized spacial score (nSPS) is 10.7. The third-order valence-corrected chi connectivity index (χ3v) is 6.95. The number of nitrogens with one attached hydrogen (secondary N) is 3. The molecule has 12 nitrogen and oxygen atoms in total. The molecule has 0 fully saturated rings. The van der Waals surface area contributed by atoms with E-state index in [-0.39, 0.29) is 24.7 Å². The van der Waals surface area contributed by atoms with Crippen molar-refractivity contribution in [3.8, 4) is 0 Å². The summed E-state index contributed by atoms with van der Waals surface area (Å²) in [5.74, 6) is 0.0428. The molecule has 0 radical (unpaired) electrons. The summed E-state index contributed by atoms with van der Waals surface area (Å²) in [6, 6.07) is 21.0. The highest BCUT2D eigenvalue weighted by Gasteiger charge is 2.21. The standard InChI is InChI=1S/C32H30N8O4/c1-39-26-13-10-22(32(43)40(17-14-29(41)44-2)27-7-3-4-16-35-27)18-25(26)37-28(39)20-36-24-11-8-21(9-12-24)30(33)38-31(42)23-6-5-15-34-19-23/h3-13,15-16,18-19,36H,14,17,20H2,1-2H3,(H2,33,38,42). The average molecular weight is 591 g/mol. The summed E-state index contributed by atoms with van der Waals surface area (Å²) in [5.41, 5.74) is 3.65. The fourth-order valence-electron chi connectivity index (χ4n) is 4.53. The number of rotatable bonds is 10. The van der Waals surface area contributed by atoms with E-state index in [4.69, 9.17) is 15.1 Å². The lowest BCUT2D eigenvalue weighted by Gasteiger charge is -2.21. The zero-order valence-electron chi connectivity index (χ0n) is 24.2. The quantitative estimate of drug-likeness (QED) is 0.126. The number of aryl methyl sites for hydroxylation is 1. The van der Waals surface area contributed by atoms with Crippen molar-refractivity contribution >= 4 is 46.2 Å². The van der Waals surface area contributed by atoms with Gasteiger partial charge in [0.15, 0.2) is 0 Å². The molecular weight excluding hydrogens is 560 g/mol. The first-order chi connectivity index (χ1) is 21.3. The summed E-state index contributed by atoms with van der Waals surface area (Å²) in [7, 11) is 3.21. The van der Waals surface area contributed by atoms with Gasteiger partial charge in [-0.25, -0.2) is 9.97 Å². The Labute approximate surface area is 253 Å². The number of benzene rings is 2. The van der Waals surface area contributed by atoms with Gasteiger partial charge in [-0.05, 0) is 66.7 Å². The Balaban J connectivity index is 1.26. The molecule has 0 spiro atoms. The topological polar surface area (TPSA) is 155 Å². The summed E-state index contributed by atoms with van der Waals surface area (Å²) >= 11 is 0. The van der Waals surface area contributed by atoms with Crippen molar-refractivity contribution in [2.75, 3.05) is 23.9 Å². The minimum Gasteiger partial charge on any atom is -0.469 e. The lowest BCUT2D eigenvalue weighted by molar-refractivity contribution is -0.140. The van der Waals surface area contributed by atoms with Gasteiger partial charge in [-0.3, -0.25) is 29.7 Å². The molecule has 0 bridgehead atoms. The number of anilines is 2. The molecule has 5 aromatic rings. The lowest BCUT2D eigenvalue weighted by Crippen LogP contribution is -2.33. The molecule has 0 atom stereocenters. The van der Waals surface area contributed by atoms with Crippen LogP contribution in [0.3, 0.4) is 0 Å². The molecule has 3 aromatic heterocycles. The third kappa shape index (κ3) is 6.76. The Hall–Kier alpha value is -5.91. The average Bonchev–Trinajstić information content (AvgIpc) is 3.38. The highest BCUT2D eigenvalue weighted by molar-refractivity contribution is 6.11. The third-order valence-electron chi connectivity index (χ3n) is 6.95. The minimum atomic E-state index is -0.420. The second-order valence-corrected chi connectivity index (χ2v) is 9.76. The van der Waals surface area contributed by atoms with Gasteiger partial charge >= 0.3 is 5.97 Å². The number of hydrogen-bond donors (Lipinski definition) is 3. The van der Waals surface area contributed by atoms with Gasteiger partial charge in [0.05, 0.1) is 36.7 Å². The van der Waals surface area contributed by atoms with Crippen molar-refractivity contribution in [3.05, 3.63) is 114 Å². The number of fused-ring (bicyclic) bond motifs is 1.